The molecule has 96 valence electrons. The molecule has 0 saturated heterocycles. The van der Waals surface area contributed by atoms with Crippen LogP contribution < -0.4 is 5.32 Å². The van der Waals surface area contributed by atoms with Crippen molar-refractivity contribution in [3.05, 3.63) is 54.0 Å². The molecule has 0 aliphatic carbocycles. The number of nitrogens with one attached hydrogen (secondary N) is 1. The zero-order valence-corrected chi connectivity index (χ0v) is 11.1. The number of anilines is 1. The number of nitrogens with zero attached hydrogens (tertiary/aromatic N) is 3. The third-order valence-corrected chi connectivity index (χ3v) is 3.25. The van der Waals surface area contributed by atoms with Crippen LogP contribution in [0, 0.1) is 6.92 Å². The minimum atomic E-state index is 0.690. The third kappa shape index (κ3) is 2.29. The molecule has 0 aliphatic heterocycles. The van der Waals surface area contributed by atoms with Crippen molar-refractivity contribution in [3.63, 3.8) is 0 Å². The molecule has 3 rings (SSSR count). The van der Waals surface area contributed by atoms with Crippen molar-refractivity contribution in [2.45, 2.75) is 13.5 Å². The molecule has 2 heterocycles. The monoisotopic (exact) mass is 252 g/mol. The van der Waals surface area contributed by atoms with Gasteiger partial charge in [-0.2, -0.15) is 0 Å². The fourth-order valence-corrected chi connectivity index (χ4v) is 2.08. The summed E-state index contributed by atoms with van der Waals surface area (Å²) in [5.41, 5.74) is 4.22. The van der Waals surface area contributed by atoms with Gasteiger partial charge in [0, 0.05) is 18.9 Å². The fraction of sp³-hybridized carbons (Fsp3) is 0.200. The molecule has 0 fully saturated rings. The van der Waals surface area contributed by atoms with Crippen LogP contribution >= 0.6 is 0 Å². The van der Waals surface area contributed by atoms with E-state index in [9.17, 15) is 0 Å². The number of rotatable bonds is 3. The van der Waals surface area contributed by atoms with Crippen molar-refractivity contribution >= 4 is 16.9 Å². The first-order valence-corrected chi connectivity index (χ1v) is 6.31. The lowest BCUT2D eigenvalue weighted by Gasteiger charge is -2.06. The van der Waals surface area contributed by atoms with Gasteiger partial charge in [0.25, 0.3) is 0 Å². The van der Waals surface area contributed by atoms with E-state index in [-0.39, 0.29) is 0 Å². The smallest absolute Gasteiger partial charge is 0.177 e. The first-order valence-electron chi connectivity index (χ1n) is 6.31. The van der Waals surface area contributed by atoms with Gasteiger partial charge in [-0.1, -0.05) is 17.7 Å². The first kappa shape index (κ1) is 11.7. The van der Waals surface area contributed by atoms with Gasteiger partial charge in [0.2, 0.25) is 0 Å². The van der Waals surface area contributed by atoms with Gasteiger partial charge >= 0.3 is 0 Å². The van der Waals surface area contributed by atoms with Crippen LogP contribution in [-0.4, -0.2) is 14.5 Å². The summed E-state index contributed by atoms with van der Waals surface area (Å²) in [7, 11) is 2.02. The number of fused-ring (bicyclic) bond motifs is 1. The topological polar surface area (TPSA) is 42.7 Å². The van der Waals surface area contributed by atoms with Gasteiger partial charge in [-0.05, 0) is 31.2 Å². The molecule has 0 unspecified atom stereocenters. The van der Waals surface area contributed by atoms with Gasteiger partial charge < -0.3 is 9.88 Å². The summed E-state index contributed by atoms with van der Waals surface area (Å²) >= 11 is 0. The summed E-state index contributed by atoms with van der Waals surface area (Å²) < 4.78 is 2.07. The second kappa shape index (κ2) is 4.72. The molecule has 19 heavy (non-hydrogen) atoms. The predicted octanol–water partition coefficient (Wildman–Crippen LogP) is 2.89. The van der Waals surface area contributed by atoms with Crippen LogP contribution in [0.25, 0.3) is 11.2 Å². The zero-order chi connectivity index (χ0) is 13.2. The van der Waals surface area contributed by atoms with Crippen LogP contribution in [0.4, 0.5) is 5.69 Å². The Morgan fingerprint density at radius 3 is 2.68 bits per heavy atom. The van der Waals surface area contributed by atoms with Crippen molar-refractivity contribution in [1.82, 2.24) is 14.5 Å². The highest BCUT2D eigenvalue weighted by atomic mass is 15.1. The number of aryl methyl sites for hydroxylation is 2. The first-order chi connectivity index (χ1) is 9.24. The SMILES string of the molecule is Cc1ccc(NCc2nc3ncccc3n2C)cc1. The highest BCUT2D eigenvalue weighted by molar-refractivity contribution is 5.71. The van der Waals surface area contributed by atoms with Crippen molar-refractivity contribution in [3.8, 4) is 0 Å². The van der Waals surface area contributed by atoms with E-state index in [0.29, 0.717) is 6.54 Å². The quantitative estimate of drug-likeness (QED) is 0.779. The van der Waals surface area contributed by atoms with Gasteiger partial charge in [0.15, 0.2) is 5.65 Å². The summed E-state index contributed by atoms with van der Waals surface area (Å²) in [5.74, 6) is 0.981. The van der Waals surface area contributed by atoms with Crippen molar-refractivity contribution in [2.75, 3.05) is 5.32 Å². The van der Waals surface area contributed by atoms with E-state index < -0.39 is 0 Å². The standard InChI is InChI=1S/C15H16N4/c1-11-5-7-12(8-6-11)17-10-14-18-15-13(19(14)2)4-3-9-16-15/h3-9,17H,10H2,1-2H3. The Kier molecular flexibility index (Phi) is 2.91. The highest BCUT2D eigenvalue weighted by Crippen LogP contribution is 2.14. The Balaban J connectivity index is 1.82. The summed E-state index contributed by atoms with van der Waals surface area (Å²) in [6.07, 6.45) is 1.77. The molecule has 0 aliphatic rings. The molecule has 4 heteroatoms. The van der Waals surface area contributed by atoms with E-state index in [0.717, 1.165) is 22.7 Å². The number of hydrogen-bond donors (Lipinski definition) is 1. The van der Waals surface area contributed by atoms with Crippen LogP contribution in [0.1, 0.15) is 11.4 Å². The Morgan fingerprint density at radius 2 is 1.95 bits per heavy atom. The van der Waals surface area contributed by atoms with Gasteiger partial charge in [-0.15, -0.1) is 0 Å². The fourth-order valence-electron chi connectivity index (χ4n) is 2.08. The van der Waals surface area contributed by atoms with E-state index in [2.05, 4.69) is 51.0 Å². The van der Waals surface area contributed by atoms with Crippen LogP contribution in [0.5, 0.6) is 0 Å². The molecule has 0 amide bonds. The molecule has 0 bridgehead atoms. The predicted molar refractivity (Wildman–Crippen MR) is 77.0 cm³/mol. The summed E-state index contributed by atoms with van der Waals surface area (Å²) in [6, 6.07) is 12.3. The Morgan fingerprint density at radius 1 is 1.16 bits per heavy atom. The molecule has 0 spiro atoms. The van der Waals surface area contributed by atoms with E-state index >= 15 is 0 Å². The second-order valence-electron chi connectivity index (χ2n) is 4.65. The third-order valence-electron chi connectivity index (χ3n) is 3.25. The maximum absolute atomic E-state index is 4.53. The molecule has 2 aromatic heterocycles. The Bertz CT molecular complexity index is 698. The van der Waals surface area contributed by atoms with Crippen LogP contribution in [-0.2, 0) is 13.6 Å². The highest BCUT2D eigenvalue weighted by Gasteiger charge is 2.07. The number of hydrogen-bond acceptors (Lipinski definition) is 3. The molecule has 0 atom stereocenters. The van der Waals surface area contributed by atoms with E-state index in [1.807, 2.05) is 19.2 Å². The van der Waals surface area contributed by atoms with Crippen LogP contribution in [0.15, 0.2) is 42.6 Å². The van der Waals surface area contributed by atoms with Gasteiger partial charge in [0.05, 0.1) is 12.1 Å². The molecule has 1 aromatic carbocycles. The molecular weight excluding hydrogens is 236 g/mol. The second-order valence-corrected chi connectivity index (χ2v) is 4.65. The average molecular weight is 252 g/mol. The average Bonchev–Trinajstić information content (AvgIpc) is 2.76. The normalized spacial score (nSPS) is 10.8. The maximum Gasteiger partial charge on any atom is 0.177 e. The lowest BCUT2D eigenvalue weighted by Crippen LogP contribution is -2.05. The number of aromatic nitrogens is 3. The summed E-state index contributed by atoms with van der Waals surface area (Å²) in [6.45, 7) is 2.77. The molecule has 3 aromatic rings. The Labute approximate surface area is 112 Å². The molecule has 1 N–H and O–H groups in total. The number of pyridine rings is 1. The maximum atomic E-state index is 4.53. The molecule has 4 nitrogen and oxygen atoms in total. The zero-order valence-electron chi connectivity index (χ0n) is 11.1. The van der Waals surface area contributed by atoms with E-state index in [4.69, 9.17) is 0 Å². The van der Waals surface area contributed by atoms with E-state index in [1.54, 1.807) is 6.20 Å². The van der Waals surface area contributed by atoms with Gasteiger partial charge in [-0.25, -0.2) is 9.97 Å². The van der Waals surface area contributed by atoms with Crippen molar-refractivity contribution in [1.29, 1.82) is 0 Å². The van der Waals surface area contributed by atoms with Gasteiger partial charge in [-0.3, -0.25) is 0 Å². The van der Waals surface area contributed by atoms with Gasteiger partial charge in [0.1, 0.15) is 5.82 Å². The minimum absolute atomic E-state index is 0.690. The van der Waals surface area contributed by atoms with Crippen LogP contribution in [0.2, 0.25) is 0 Å². The largest absolute Gasteiger partial charge is 0.378 e. The Hall–Kier alpha value is -2.36. The van der Waals surface area contributed by atoms with Crippen molar-refractivity contribution in [2.24, 2.45) is 7.05 Å². The molecule has 0 radical (unpaired) electrons. The minimum Gasteiger partial charge on any atom is -0.378 e. The number of benzene rings is 1. The van der Waals surface area contributed by atoms with E-state index in [1.165, 1.54) is 5.56 Å². The lowest BCUT2D eigenvalue weighted by molar-refractivity contribution is 0.834. The molecular formula is C15H16N4. The molecule has 0 saturated carbocycles. The number of imidazole rings is 1. The van der Waals surface area contributed by atoms with Crippen molar-refractivity contribution < 1.29 is 0 Å². The summed E-state index contributed by atoms with van der Waals surface area (Å²) in [5, 5.41) is 3.38. The summed E-state index contributed by atoms with van der Waals surface area (Å²) in [4.78, 5) is 8.80. The lowest BCUT2D eigenvalue weighted by atomic mass is 10.2. The van der Waals surface area contributed by atoms with Crippen LogP contribution in [0.3, 0.4) is 0 Å².